The maximum atomic E-state index is 12.0. The number of carbonyl (C=O) groups excluding carboxylic acids is 1. The van der Waals surface area contributed by atoms with Crippen LogP contribution in [0.5, 0.6) is 0 Å². The number of hydrogen-bond acceptors (Lipinski definition) is 2. The molecule has 3 heteroatoms. The van der Waals surface area contributed by atoms with Crippen LogP contribution in [0.15, 0.2) is 11.6 Å². The van der Waals surface area contributed by atoms with E-state index in [1.807, 2.05) is 0 Å². The van der Waals surface area contributed by atoms with Gasteiger partial charge in [0.15, 0.2) is 0 Å². The van der Waals surface area contributed by atoms with Crippen molar-refractivity contribution in [1.29, 1.82) is 0 Å². The second-order valence-electron chi connectivity index (χ2n) is 5.75. The Kier molecular flexibility index (Phi) is 5.24. The number of hydrogen-bond donors (Lipinski definition) is 2. The highest BCUT2D eigenvalue weighted by Gasteiger charge is 2.21. The number of rotatable bonds is 4. The Bertz CT molecular complexity index is 306. The smallest absolute Gasteiger partial charge is 0.224 e. The Morgan fingerprint density at radius 2 is 2.39 bits per heavy atom. The van der Waals surface area contributed by atoms with Crippen LogP contribution in [0.3, 0.4) is 0 Å². The standard InChI is InChI=1S/C15H26N2O/c1-12(14-8-5-9-16-11-14)17-15(18)10-13-6-3-2-4-7-13/h6,12,14,16H,2-5,7-11H2,1H3,(H,17,18). The second kappa shape index (κ2) is 6.93. The van der Waals surface area contributed by atoms with Crippen molar-refractivity contribution < 1.29 is 4.79 Å². The molecule has 0 aromatic rings. The van der Waals surface area contributed by atoms with Gasteiger partial charge in [0, 0.05) is 12.5 Å². The van der Waals surface area contributed by atoms with Crippen molar-refractivity contribution >= 4 is 5.91 Å². The Morgan fingerprint density at radius 3 is 3.06 bits per heavy atom. The Labute approximate surface area is 110 Å². The van der Waals surface area contributed by atoms with Crippen LogP contribution in [-0.4, -0.2) is 25.0 Å². The van der Waals surface area contributed by atoms with Crippen molar-refractivity contribution in [3.63, 3.8) is 0 Å². The highest BCUT2D eigenvalue weighted by atomic mass is 16.1. The molecule has 102 valence electrons. The predicted molar refractivity (Wildman–Crippen MR) is 74.4 cm³/mol. The molecule has 3 nitrogen and oxygen atoms in total. The van der Waals surface area contributed by atoms with Crippen LogP contribution in [-0.2, 0) is 4.79 Å². The van der Waals surface area contributed by atoms with E-state index in [1.54, 1.807) is 0 Å². The van der Waals surface area contributed by atoms with Gasteiger partial charge >= 0.3 is 0 Å². The van der Waals surface area contributed by atoms with E-state index in [1.165, 1.54) is 31.3 Å². The first-order chi connectivity index (χ1) is 8.75. The minimum Gasteiger partial charge on any atom is -0.353 e. The first-order valence-electron chi connectivity index (χ1n) is 7.43. The fourth-order valence-electron chi connectivity index (χ4n) is 3.00. The maximum absolute atomic E-state index is 12.0. The van der Waals surface area contributed by atoms with Crippen molar-refractivity contribution in [2.24, 2.45) is 5.92 Å². The SMILES string of the molecule is CC(NC(=O)CC1=CCCCC1)C1CCCNC1. The van der Waals surface area contributed by atoms with E-state index < -0.39 is 0 Å². The van der Waals surface area contributed by atoms with Gasteiger partial charge in [-0.3, -0.25) is 4.79 Å². The molecule has 1 saturated heterocycles. The van der Waals surface area contributed by atoms with Gasteiger partial charge in [0.1, 0.15) is 0 Å². The molecule has 1 aliphatic carbocycles. The summed E-state index contributed by atoms with van der Waals surface area (Å²) in [4.78, 5) is 12.0. The van der Waals surface area contributed by atoms with Crippen molar-refractivity contribution in [1.82, 2.24) is 10.6 Å². The number of nitrogens with one attached hydrogen (secondary N) is 2. The molecule has 2 unspecified atom stereocenters. The Hall–Kier alpha value is -0.830. The molecule has 0 aromatic heterocycles. The van der Waals surface area contributed by atoms with Crippen LogP contribution in [0.25, 0.3) is 0 Å². The lowest BCUT2D eigenvalue weighted by Gasteiger charge is -2.29. The van der Waals surface area contributed by atoms with Gasteiger partial charge in [-0.25, -0.2) is 0 Å². The summed E-state index contributed by atoms with van der Waals surface area (Å²) in [7, 11) is 0. The highest BCUT2D eigenvalue weighted by Crippen LogP contribution is 2.20. The quantitative estimate of drug-likeness (QED) is 0.752. The van der Waals surface area contributed by atoms with Crippen molar-refractivity contribution in [3.05, 3.63) is 11.6 Å². The first-order valence-corrected chi connectivity index (χ1v) is 7.43. The van der Waals surface area contributed by atoms with Crippen LogP contribution < -0.4 is 10.6 Å². The molecule has 1 fully saturated rings. The molecular weight excluding hydrogens is 224 g/mol. The summed E-state index contributed by atoms with van der Waals surface area (Å²) in [5.41, 5.74) is 1.34. The van der Waals surface area contributed by atoms with Gasteiger partial charge in [-0.05, 0) is 64.5 Å². The summed E-state index contributed by atoms with van der Waals surface area (Å²) in [6.07, 6.45) is 10.2. The molecule has 2 rings (SSSR count). The minimum atomic E-state index is 0.209. The summed E-state index contributed by atoms with van der Waals surface area (Å²) in [5, 5.41) is 6.58. The molecule has 2 aliphatic rings. The van der Waals surface area contributed by atoms with E-state index in [0.29, 0.717) is 18.4 Å². The largest absolute Gasteiger partial charge is 0.353 e. The third-order valence-corrected chi connectivity index (χ3v) is 4.20. The van der Waals surface area contributed by atoms with Crippen molar-refractivity contribution in [2.75, 3.05) is 13.1 Å². The summed E-state index contributed by atoms with van der Waals surface area (Å²) in [6, 6.07) is 0.300. The van der Waals surface area contributed by atoms with E-state index >= 15 is 0 Å². The van der Waals surface area contributed by atoms with Gasteiger partial charge in [-0.1, -0.05) is 11.6 Å². The monoisotopic (exact) mass is 250 g/mol. The Morgan fingerprint density at radius 1 is 1.50 bits per heavy atom. The maximum Gasteiger partial charge on any atom is 0.224 e. The number of allylic oxidation sites excluding steroid dienone is 1. The predicted octanol–water partition coefficient (Wildman–Crippen LogP) is 2.38. The fourth-order valence-corrected chi connectivity index (χ4v) is 3.00. The topological polar surface area (TPSA) is 41.1 Å². The lowest BCUT2D eigenvalue weighted by Crippen LogP contribution is -2.44. The van der Waals surface area contributed by atoms with E-state index in [9.17, 15) is 4.79 Å². The zero-order valence-corrected chi connectivity index (χ0v) is 11.5. The van der Waals surface area contributed by atoms with Gasteiger partial charge in [-0.15, -0.1) is 0 Å². The van der Waals surface area contributed by atoms with Crippen molar-refractivity contribution in [3.8, 4) is 0 Å². The summed E-state index contributed by atoms with van der Waals surface area (Å²) >= 11 is 0. The lowest BCUT2D eigenvalue weighted by atomic mass is 9.92. The first kappa shape index (κ1) is 13.6. The third kappa shape index (κ3) is 4.13. The molecule has 1 aliphatic heterocycles. The number of carbonyl (C=O) groups is 1. The van der Waals surface area contributed by atoms with E-state index in [-0.39, 0.29) is 5.91 Å². The molecule has 1 amide bonds. The number of amides is 1. The zero-order valence-electron chi connectivity index (χ0n) is 11.5. The third-order valence-electron chi connectivity index (χ3n) is 4.20. The zero-order chi connectivity index (χ0) is 12.8. The van der Waals surface area contributed by atoms with E-state index in [2.05, 4.69) is 23.6 Å². The average Bonchev–Trinajstić information content (AvgIpc) is 2.40. The second-order valence-corrected chi connectivity index (χ2v) is 5.75. The fraction of sp³-hybridized carbons (Fsp3) is 0.800. The lowest BCUT2D eigenvalue weighted by molar-refractivity contribution is -0.121. The molecule has 2 N–H and O–H groups in total. The molecule has 1 heterocycles. The van der Waals surface area contributed by atoms with Crippen LogP contribution in [0.4, 0.5) is 0 Å². The van der Waals surface area contributed by atoms with Gasteiger partial charge in [0.05, 0.1) is 0 Å². The van der Waals surface area contributed by atoms with Gasteiger partial charge in [-0.2, -0.15) is 0 Å². The van der Waals surface area contributed by atoms with Gasteiger partial charge < -0.3 is 10.6 Å². The summed E-state index contributed by atoms with van der Waals surface area (Å²) < 4.78 is 0. The van der Waals surface area contributed by atoms with Gasteiger partial charge in [0.25, 0.3) is 0 Å². The normalized spacial score (nSPS) is 26.3. The van der Waals surface area contributed by atoms with Crippen LogP contribution in [0.2, 0.25) is 0 Å². The molecule has 0 saturated carbocycles. The minimum absolute atomic E-state index is 0.209. The van der Waals surface area contributed by atoms with E-state index in [0.717, 1.165) is 25.9 Å². The average molecular weight is 250 g/mol. The molecular formula is C15H26N2O. The Balaban J connectivity index is 1.74. The molecule has 0 aromatic carbocycles. The van der Waals surface area contributed by atoms with Crippen LogP contribution in [0.1, 0.15) is 51.9 Å². The highest BCUT2D eigenvalue weighted by molar-refractivity contribution is 5.78. The molecule has 18 heavy (non-hydrogen) atoms. The van der Waals surface area contributed by atoms with Crippen LogP contribution in [0, 0.1) is 5.92 Å². The number of piperidine rings is 1. The molecule has 2 atom stereocenters. The molecule has 0 spiro atoms. The van der Waals surface area contributed by atoms with E-state index in [4.69, 9.17) is 0 Å². The summed E-state index contributed by atoms with van der Waals surface area (Å²) in [5.74, 6) is 0.809. The molecule has 0 radical (unpaired) electrons. The molecule has 0 bridgehead atoms. The van der Waals surface area contributed by atoms with Gasteiger partial charge in [0.2, 0.25) is 5.91 Å². The summed E-state index contributed by atoms with van der Waals surface area (Å²) in [6.45, 7) is 4.32. The van der Waals surface area contributed by atoms with Crippen molar-refractivity contribution in [2.45, 2.75) is 57.9 Å². The van der Waals surface area contributed by atoms with Crippen LogP contribution >= 0.6 is 0 Å².